The summed E-state index contributed by atoms with van der Waals surface area (Å²) in [5.41, 5.74) is 0.734. The zero-order chi connectivity index (χ0) is 17.3. The highest BCUT2D eigenvalue weighted by atomic mass is 79.9. The lowest BCUT2D eigenvalue weighted by Crippen LogP contribution is -2.02. The summed E-state index contributed by atoms with van der Waals surface area (Å²) in [6.45, 7) is 0. The van der Waals surface area contributed by atoms with Crippen LogP contribution in [0, 0.1) is 0 Å². The average molecular weight is 427 g/mol. The lowest BCUT2D eigenvalue weighted by atomic mass is 10.2. The van der Waals surface area contributed by atoms with Crippen LogP contribution in [0.3, 0.4) is 0 Å². The molecular formula is C17H10BrCl2NO3. The Morgan fingerprint density at radius 2 is 2.00 bits per heavy atom. The van der Waals surface area contributed by atoms with Crippen molar-refractivity contribution in [2.75, 3.05) is 7.11 Å². The third kappa shape index (κ3) is 3.48. The van der Waals surface area contributed by atoms with E-state index in [9.17, 15) is 4.79 Å². The van der Waals surface area contributed by atoms with Gasteiger partial charge in [-0.05, 0) is 36.4 Å². The molecule has 7 heteroatoms. The van der Waals surface area contributed by atoms with Crippen LogP contribution in [-0.4, -0.2) is 12.1 Å². The van der Waals surface area contributed by atoms with Gasteiger partial charge in [0.2, 0.25) is 5.89 Å². The highest BCUT2D eigenvalue weighted by Crippen LogP contribution is 2.33. The third-order valence-electron chi connectivity index (χ3n) is 3.25. The highest BCUT2D eigenvalue weighted by Gasteiger charge is 2.09. The van der Waals surface area contributed by atoms with E-state index < -0.39 is 5.63 Å². The smallest absolute Gasteiger partial charge is 0.347 e. The Hall–Kier alpha value is -1.82. The molecule has 24 heavy (non-hydrogen) atoms. The maximum absolute atomic E-state index is 12.1. The molecule has 1 aromatic heterocycles. The van der Waals surface area contributed by atoms with E-state index in [1.54, 1.807) is 36.4 Å². The molecule has 122 valence electrons. The molecule has 0 bridgehead atoms. The molecule has 0 aliphatic carbocycles. The summed E-state index contributed by atoms with van der Waals surface area (Å²) in [5, 5.41) is 1.27. The van der Waals surface area contributed by atoms with Gasteiger partial charge in [-0.15, -0.1) is 0 Å². The van der Waals surface area contributed by atoms with Crippen LogP contribution in [0.4, 0.5) is 0 Å². The van der Waals surface area contributed by atoms with Crippen LogP contribution >= 0.6 is 39.1 Å². The molecule has 0 saturated heterocycles. The van der Waals surface area contributed by atoms with Gasteiger partial charge in [-0.3, -0.25) is 0 Å². The van der Waals surface area contributed by atoms with Crippen LogP contribution in [0.1, 0.15) is 11.5 Å². The number of rotatable bonds is 3. The fraction of sp³-hybridized carbons (Fsp3) is 0.0588. The van der Waals surface area contributed by atoms with Gasteiger partial charge in [0.1, 0.15) is 5.75 Å². The van der Waals surface area contributed by atoms with Crippen molar-refractivity contribution in [1.29, 1.82) is 0 Å². The van der Waals surface area contributed by atoms with E-state index in [4.69, 9.17) is 32.4 Å². The van der Waals surface area contributed by atoms with Gasteiger partial charge in [0.15, 0.2) is 0 Å². The van der Waals surface area contributed by atoms with Crippen LogP contribution in [0.25, 0.3) is 23.1 Å². The van der Waals surface area contributed by atoms with Crippen LogP contribution < -0.4 is 10.4 Å². The Labute approximate surface area is 155 Å². The van der Waals surface area contributed by atoms with E-state index in [0.717, 1.165) is 4.47 Å². The zero-order valence-electron chi connectivity index (χ0n) is 12.3. The minimum Gasteiger partial charge on any atom is -0.495 e. The number of halogens is 3. The maximum Gasteiger partial charge on any atom is 0.347 e. The highest BCUT2D eigenvalue weighted by molar-refractivity contribution is 9.10. The van der Waals surface area contributed by atoms with Crippen LogP contribution in [0.15, 0.2) is 44.0 Å². The van der Waals surface area contributed by atoms with Crippen LogP contribution in [0.5, 0.6) is 5.75 Å². The molecule has 0 atom stereocenters. The largest absolute Gasteiger partial charge is 0.495 e. The summed E-state index contributed by atoms with van der Waals surface area (Å²) >= 11 is 15.4. The van der Waals surface area contributed by atoms with Crippen LogP contribution in [0.2, 0.25) is 10.0 Å². The van der Waals surface area contributed by atoms with Gasteiger partial charge in [0.05, 0.1) is 23.0 Å². The Morgan fingerprint density at radius 3 is 2.75 bits per heavy atom. The van der Waals surface area contributed by atoms with Gasteiger partial charge in [-0.25, -0.2) is 9.78 Å². The second-order valence-corrected chi connectivity index (χ2v) is 6.60. The molecule has 2 aromatic carbocycles. The molecule has 3 aromatic rings. The van der Waals surface area contributed by atoms with Gasteiger partial charge >= 0.3 is 5.63 Å². The van der Waals surface area contributed by atoms with Crippen molar-refractivity contribution in [3.8, 4) is 5.75 Å². The fourth-order valence-electron chi connectivity index (χ4n) is 2.21. The Balaban J connectivity index is 2.06. The van der Waals surface area contributed by atoms with E-state index in [2.05, 4.69) is 20.9 Å². The fourth-order valence-corrected chi connectivity index (χ4v) is 3.16. The normalized spacial score (nSPS) is 11.3. The lowest BCUT2D eigenvalue weighted by molar-refractivity contribution is 0.414. The van der Waals surface area contributed by atoms with E-state index >= 15 is 0 Å². The Bertz CT molecular complexity index is 1010. The molecule has 0 radical (unpaired) electrons. The van der Waals surface area contributed by atoms with Crippen molar-refractivity contribution >= 4 is 62.2 Å². The van der Waals surface area contributed by atoms with Gasteiger partial charge < -0.3 is 9.15 Å². The summed E-state index contributed by atoms with van der Waals surface area (Å²) in [6.07, 6.45) is 3.24. The summed E-state index contributed by atoms with van der Waals surface area (Å²) in [6, 6.07) is 8.50. The molecule has 0 N–H and O–H groups in total. The number of nitrogens with zero attached hydrogens (tertiary/aromatic N) is 1. The van der Waals surface area contributed by atoms with E-state index in [1.807, 2.05) is 6.07 Å². The van der Waals surface area contributed by atoms with E-state index in [1.165, 1.54) is 7.11 Å². The van der Waals surface area contributed by atoms with Gasteiger partial charge in [-0.1, -0.05) is 39.1 Å². The van der Waals surface area contributed by atoms with Crippen molar-refractivity contribution in [1.82, 2.24) is 4.98 Å². The second kappa shape index (κ2) is 6.97. The maximum atomic E-state index is 12.1. The molecule has 0 unspecified atom stereocenters. The Morgan fingerprint density at radius 1 is 1.21 bits per heavy atom. The van der Waals surface area contributed by atoms with E-state index in [0.29, 0.717) is 32.3 Å². The molecule has 0 aliphatic rings. The summed E-state index contributed by atoms with van der Waals surface area (Å²) in [4.78, 5) is 16.4. The molecule has 0 fully saturated rings. The number of hydrogen-bond donors (Lipinski definition) is 0. The third-order valence-corrected chi connectivity index (χ3v) is 4.25. The van der Waals surface area contributed by atoms with E-state index in [-0.39, 0.29) is 5.89 Å². The molecule has 0 aliphatic heterocycles. The summed E-state index contributed by atoms with van der Waals surface area (Å²) in [5.74, 6) is 0.650. The number of aromatic nitrogens is 1. The predicted molar refractivity (Wildman–Crippen MR) is 99.9 cm³/mol. The SMILES string of the molecule is COc1c(Cl)cc(Cl)cc1C=Cc1nc2ccc(Br)cc2c(=O)o1. The standard InChI is InChI=1S/C17H10BrCl2NO3/c1-23-16-9(6-11(19)8-13(16)20)2-5-15-21-14-4-3-10(18)7-12(14)17(22)24-15/h2-8H,1H3. The number of methoxy groups -OCH3 is 1. The summed E-state index contributed by atoms with van der Waals surface area (Å²) < 4.78 is 11.3. The van der Waals surface area contributed by atoms with Gasteiger partial charge in [0, 0.05) is 21.1 Å². The average Bonchev–Trinajstić information content (AvgIpc) is 2.53. The molecule has 3 rings (SSSR count). The Kier molecular flexibility index (Phi) is 4.94. The number of ether oxygens (including phenoxy) is 1. The quantitative estimate of drug-likeness (QED) is 0.559. The lowest BCUT2D eigenvalue weighted by Gasteiger charge is -2.07. The molecular weight excluding hydrogens is 417 g/mol. The molecule has 0 saturated carbocycles. The van der Waals surface area contributed by atoms with Crippen molar-refractivity contribution in [3.05, 3.63) is 66.7 Å². The number of benzene rings is 2. The van der Waals surface area contributed by atoms with Crippen molar-refractivity contribution in [2.45, 2.75) is 0 Å². The summed E-state index contributed by atoms with van der Waals surface area (Å²) in [7, 11) is 1.51. The first-order valence-electron chi connectivity index (χ1n) is 6.79. The number of hydrogen-bond acceptors (Lipinski definition) is 4. The molecule has 0 spiro atoms. The molecule has 4 nitrogen and oxygen atoms in total. The van der Waals surface area contributed by atoms with Crippen molar-refractivity contribution < 1.29 is 9.15 Å². The van der Waals surface area contributed by atoms with Crippen molar-refractivity contribution in [2.24, 2.45) is 0 Å². The van der Waals surface area contributed by atoms with Crippen molar-refractivity contribution in [3.63, 3.8) is 0 Å². The molecule has 0 amide bonds. The van der Waals surface area contributed by atoms with Gasteiger partial charge in [-0.2, -0.15) is 0 Å². The minimum absolute atomic E-state index is 0.174. The zero-order valence-corrected chi connectivity index (χ0v) is 15.4. The predicted octanol–water partition coefficient (Wildman–Crippen LogP) is 5.44. The first kappa shape index (κ1) is 17.0. The van der Waals surface area contributed by atoms with Crippen LogP contribution in [-0.2, 0) is 0 Å². The number of fused-ring (bicyclic) bond motifs is 1. The second-order valence-electron chi connectivity index (χ2n) is 4.84. The van der Waals surface area contributed by atoms with Gasteiger partial charge in [0.25, 0.3) is 0 Å². The minimum atomic E-state index is -0.461. The topological polar surface area (TPSA) is 52.3 Å². The monoisotopic (exact) mass is 425 g/mol. The molecule has 1 heterocycles. The first-order valence-corrected chi connectivity index (χ1v) is 8.34. The first-order chi connectivity index (χ1) is 11.5.